The SMILES string of the molecule is CCOc1ncccc1C(=O)OC(C)C(=O)Nc1c(C)nn(C)c1C. The molecule has 0 saturated carbocycles. The Balaban J connectivity index is 2.07. The molecular formula is C17H22N4O4. The first-order valence-electron chi connectivity index (χ1n) is 7.95. The Morgan fingerprint density at radius 3 is 2.68 bits per heavy atom. The molecule has 0 bridgehead atoms. The molecule has 8 nitrogen and oxygen atoms in total. The molecule has 1 N–H and O–H groups in total. The molecule has 2 heterocycles. The molecule has 0 aromatic carbocycles. The van der Waals surface area contributed by atoms with E-state index in [9.17, 15) is 9.59 Å². The Bertz CT molecular complexity index is 785. The minimum Gasteiger partial charge on any atom is -0.477 e. The topological polar surface area (TPSA) is 95.3 Å². The highest BCUT2D eigenvalue weighted by molar-refractivity contribution is 5.98. The Labute approximate surface area is 146 Å². The first-order chi connectivity index (χ1) is 11.8. The van der Waals surface area contributed by atoms with Gasteiger partial charge in [-0.1, -0.05) is 0 Å². The lowest BCUT2D eigenvalue weighted by Crippen LogP contribution is -2.30. The van der Waals surface area contributed by atoms with Gasteiger partial charge in [0.2, 0.25) is 5.88 Å². The lowest BCUT2D eigenvalue weighted by Gasteiger charge is -2.15. The third kappa shape index (κ3) is 4.14. The van der Waals surface area contributed by atoms with Crippen molar-refractivity contribution in [3.8, 4) is 5.88 Å². The molecule has 2 rings (SSSR count). The van der Waals surface area contributed by atoms with Crippen molar-refractivity contribution >= 4 is 17.6 Å². The number of amides is 1. The van der Waals surface area contributed by atoms with Crippen molar-refractivity contribution in [3.05, 3.63) is 35.3 Å². The van der Waals surface area contributed by atoms with E-state index in [2.05, 4.69) is 15.4 Å². The van der Waals surface area contributed by atoms with Crippen LogP contribution in [0.2, 0.25) is 0 Å². The van der Waals surface area contributed by atoms with Gasteiger partial charge in [0, 0.05) is 13.2 Å². The summed E-state index contributed by atoms with van der Waals surface area (Å²) in [4.78, 5) is 28.6. The third-order valence-electron chi connectivity index (χ3n) is 3.68. The van der Waals surface area contributed by atoms with Crippen molar-refractivity contribution in [1.29, 1.82) is 0 Å². The number of ether oxygens (including phenoxy) is 2. The van der Waals surface area contributed by atoms with Crippen LogP contribution in [0.25, 0.3) is 0 Å². The number of nitrogens with one attached hydrogen (secondary N) is 1. The first-order valence-corrected chi connectivity index (χ1v) is 7.95. The molecule has 0 spiro atoms. The maximum Gasteiger partial charge on any atom is 0.344 e. The molecule has 0 aliphatic carbocycles. The van der Waals surface area contributed by atoms with Gasteiger partial charge >= 0.3 is 5.97 Å². The van der Waals surface area contributed by atoms with Crippen LogP contribution in [-0.4, -0.2) is 39.4 Å². The predicted octanol–water partition coefficient (Wildman–Crippen LogP) is 2.01. The van der Waals surface area contributed by atoms with E-state index in [0.29, 0.717) is 18.0 Å². The first kappa shape index (κ1) is 18.4. The third-order valence-corrected chi connectivity index (χ3v) is 3.68. The van der Waals surface area contributed by atoms with E-state index in [0.717, 1.165) is 5.69 Å². The van der Waals surface area contributed by atoms with Crippen molar-refractivity contribution in [1.82, 2.24) is 14.8 Å². The average Bonchev–Trinajstić information content (AvgIpc) is 2.81. The average molecular weight is 346 g/mol. The van der Waals surface area contributed by atoms with Gasteiger partial charge in [-0.25, -0.2) is 9.78 Å². The monoisotopic (exact) mass is 346 g/mol. The highest BCUT2D eigenvalue weighted by Gasteiger charge is 2.23. The van der Waals surface area contributed by atoms with Crippen molar-refractivity contribution in [2.24, 2.45) is 7.05 Å². The van der Waals surface area contributed by atoms with Crippen LogP contribution in [0.4, 0.5) is 5.69 Å². The van der Waals surface area contributed by atoms with Crippen molar-refractivity contribution < 1.29 is 19.1 Å². The van der Waals surface area contributed by atoms with Gasteiger partial charge in [-0.05, 0) is 39.8 Å². The number of esters is 1. The number of hydrogen-bond acceptors (Lipinski definition) is 6. The molecule has 0 aliphatic rings. The van der Waals surface area contributed by atoms with E-state index in [4.69, 9.17) is 9.47 Å². The van der Waals surface area contributed by atoms with Crippen LogP contribution in [0.5, 0.6) is 5.88 Å². The Morgan fingerprint density at radius 1 is 1.36 bits per heavy atom. The van der Waals surface area contributed by atoms with Gasteiger partial charge in [-0.2, -0.15) is 5.10 Å². The van der Waals surface area contributed by atoms with Crippen LogP contribution in [0, 0.1) is 13.8 Å². The maximum absolute atomic E-state index is 12.3. The van der Waals surface area contributed by atoms with Crippen LogP contribution in [0.15, 0.2) is 18.3 Å². The second-order valence-corrected chi connectivity index (χ2v) is 5.50. The molecule has 0 aliphatic heterocycles. The van der Waals surface area contributed by atoms with E-state index in [1.54, 1.807) is 37.7 Å². The zero-order valence-electron chi connectivity index (χ0n) is 15.0. The molecule has 1 amide bonds. The highest BCUT2D eigenvalue weighted by atomic mass is 16.5. The fraction of sp³-hybridized carbons (Fsp3) is 0.412. The van der Waals surface area contributed by atoms with E-state index >= 15 is 0 Å². The summed E-state index contributed by atoms with van der Waals surface area (Å²) in [6.45, 7) is 7.30. The van der Waals surface area contributed by atoms with E-state index in [-0.39, 0.29) is 11.4 Å². The van der Waals surface area contributed by atoms with E-state index in [1.165, 1.54) is 13.1 Å². The summed E-state index contributed by atoms with van der Waals surface area (Å²) in [7, 11) is 1.79. The molecule has 0 fully saturated rings. The zero-order valence-corrected chi connectivity index (χ0v) is 15.0. The van der Waals surface area contributed by atoms with Crippen LogP contribution < -0.4 is 10.1 Å². The van der Waals surface area contributed by atoms with Crippen LogP contribution >= 0.6 is 0 Å². The van der Waals surface area contributed by atoms with Crippen molar-refractivity contribution in [2.75, 3.05) is 11.9 Å². The Kier molecular flexibility index (Phi) is 5.74. The normalized spacial score (nSPS) is 11.7. The largest absolute Gasteiger partial charge is 0.477 e. The van der Waals surface area contributed by atoms with Gasteiger partial charge in [-0.3, -0.25) is 9.48 Å². The molecule has 2 aromatic heterocycles. The minimum absolute atomic E-state index is 0.178. The number of carbonyl (C=O) groups is 2. The maximum atomic E-state index is 12.3. The fourth-order valence-corrected chi connectivity index (χ4v) is 2.25. The zero-order chi connectivity index (χ0) is 18.6. The van der Waals surface area contributed by atoms with Crippen molar-refractivity contribution in [2.45, 2.75) is 33.8 Å². The van der Waals surface area contributed by atoms with Gasteiger partial charge < -0.3 is 14.8 Å². The number of aromatic nitrogens is 3. The highest BCUT2D eigenvalue weighted by Crippen LogP contribution is 2.20. The molecule has 0 radical (unpaired) electrons. The van der Waals surface area contributed by atoms with Crippen molar-refractivity contribution in [3.63, 3.8) is 0 Å². The molecular weight excluding hydrogens is 324 g/mol. The van der Waals surface area contributed by atoms with Crippen LogP contribution in [0.3, 0.4) is 0 Å². The van der Waals surface area contributed by atoms with Gasteiger partial charge in [0.25, 0.3) is 5.91 Å². The molecule has 0 saturated heterocycles. The Hall–Kier alpha value is -2.90. The van der Waals surface area contributed by atoms with Gasteiger partial charge in [-0.15, -0.1) is 0 Å². The van der Waals surface area contributed by atoms with Gasteiger partial charge in [0.15, 0.2) is 6.10 Å². The Morgan fingerprint density at radius 2 is 2.08 bits per heavy atom. The molecule has 2 aromatic rings. The number of aryl methyl sites for hydroxylation is 2. The molecule has 1 atom stereocenters. The number of rotatable bonds is 6. The minimum atomic E-state index is -0.985. The predicted molar refractivity (Wildman–Crippen MR) is 91.6 cm³/mol. The van der Waals surface area contributed by atoms with Crippen LogP contribution in [-0.2, 0) is 16.6 Å². The number of nitrogens with zero attached hydrogens (tertiary/aromatic N) is 3. The number of pyridine rings is 1. The van der Waals surface area contributed by atoms with Gasteiger partial charge in [0.1, 0.15) is 5.56 Å². The summed E-state index contributed by atoms with van der Waals surface area (Å²) >= 11 is 0. The van der Waals surface area contributed by atoms with Gasteiger partial charge in [0.05, 0.1) is 23.7 Å². The quantitative estimate of drug-likeness (QED) is 0.804. The summed E-state index contributed by atoms with van der Waals surface area (Å²) in [6, 6.07) is 3.15. The van der Waals surface area contributed by atoms with E-state index < -0.39 is 18.0 Å². The van der Waals surface area contributed by atoms with Crippen LogP contribution in [0.1, 0.15) is 35.6 Å². The fourth-order valence-electron chi connectivity index (χ4n) is 2.25. The number of hydrogen-bond donors (Lipinski definition) is 1. The molecule has 8 heteroatoms. The summed E-state index contributed by atoms with van der Waals surface area (Å²) in [5.41, 5.74) is 2.30. The number of anilines is 1. The summed E-state index contributed by atoms with van der Waals surface area (Å²) in [6.07, 6.45) is 0.535. The smallest absolute Gasteiger partial charge is 0.344 e. The lowest BCUT2D eigenvalue weighted by molar-refractivity contribution is -0.123. The second-order valence-electron chi connectivity index (χ2n) is 5.50. The standard InChI is InChI=1S/C17H22N4O4/c1-6-24-16-13(8-7-9-18-16)17(23)25-12(4)15(22)19-14-10(2)20-21(5)11(14)3/h7-9,12H,6H2,1-5H3,(H,19,22). The summed E-state index contributed by atoms with van der Waals surface area (Å²) in [5, 5.41) is 6.98. The molecule has 25 heavy (non-hydrogen) atoms. The lowest BCUT2D eigenvalue weighted by atomic mass is 10.2. The molecule has 134 valence electrons. The number of carbonyl (C=O) groups excluding carboxylic acids is 2. The van der Waals surface area contributed by atoms with E-state index in [1.807, 2.05) is 6.92 Å². The summed E-state index contributed by atoms with van der Waals surface area (Å²) < 4.78 is 12.2. The second kappa shape index (κ2) is 7.78. The summed E-state index contributed by atoms with van der Waals surface area (Å²) in [5.74, 6) is -0.921. The molecule has 1 unspecified atom stereocenters.